The molecule has 8 nitrogen and oxygen atoms in total. The van der Waals surface area contributed by atoms with Crippen LogP contribution in [0.25, 0.3) is 10.9 Å². The number of aromatic nitrogens is 2. The topological polar surface area (TPSA) is 76.8 Å². The maximum Gasteiger partial charge on any atom is 0.331 e. The highest BCUT2D eigenvalue weighted by molar-refractivity contribution is 5.81. The molecule has 3 aromatic rings. The summed E-state index contributed by atoms with van der Waals surface area (Å²) in [6, 6.07) is 14.9. The molecule has 1 aliphatic heterocycles. The third-order valence-electron chi connectivity index (χ3n) is 6.03. The highest BCUT2D eigenvalue weighted by atomic mass is 16.5. The highest BCUT2D eigenvalue weighted by Gasteiger charge is 2.22. The summed E-state index contributed by atoms with van der Waals surface area (Å²) in [4.78, 5) is 42.8. The number of anilines is 1. The lowest BCUT2D eigenvalue weighted by Gasteiger charge is -2.24. The Morgan fingerprint density at radius 2 is 1.69 bits per heavy atom. The zero-order chi connectivity index (χ0) is 22.7. The van der Waals surface area contributed by atoms with E-state index in [1.807, 2.05) is 29.2 Å². The van der Waals surface area contributed by atoms with Gasteiger partial charge in [0.15, 0.2) is 0 Å². The number of methoxy groups -OCH3 is 1. The molecule has 0 bridgehead atoms. The molecule has 1 aliphatic rings. The first-order valence-corrected chi connectivity index (χ1v) is 10.9. The number of hydrogen-bond donors (Lipinski definition) is 0. The molecule has 4 rings (SSSR count). The minimum Gasteiger partial charge on any atom is -0.497 e. The van der Waals surface area contributed by atoms with Crippen LogP contribution in [0.5, 0.6) is 5.75 Å². The molecule has 0 atom stereocenters. The van der Waals surface area contributed by atoms with Crippen molar-refractivity contribution in [2.45, 2.75) is 26.4 Å². The van der Waals surface area contributed by atoms with Gasteiger partial charge in [0, 0.05) is 38.4 Å². The zero-order valence-corrected chi connectivity index (χ0v) is 18.5. The van der Waals surface area contributed by atoms with Crippen molar-refractivity contribution in [3.63, 3.8) is 0 Å². The largest absolute Gasteiger partial charge is 0.497 e. The first kappa shape index (κ1) is 21.7. The zero-order valence-electron chi connectivity index (χ0n) is 18.5. The summed E-state index contributed by atoms with van der Waals surface area (Å²) in [5.41, 5.74) is 0.827. The second kappa shape index (κ2) is 9.30. The van der Waals surface area contributed by atoms with Gasteiger partial charge in [0.25, 0.3) is 5.56 Å². The Kier molecular flexibility index (Phi) is 6.30. The van der Waals surface area contributed by atoms with Gasteiger partial charge in [-0.25, -0.2) is 4.79 Å². The number of ether oxygens (including phenoxy) is 1. The van der Waals surface area contributed by atoms with Crippen molar-refractivity contribution in [1.82, 2.24) is 14.0 Å². The van der Waals surface area contributed by atoms with Crippen LogP contribution < -0.4 is 20.9 Å². The maximum atomic E-state index is 13.2. The standard InChI is InChI=1S/C24H28N4O4/c1-3-27-23(30)20-7-4-5-8-21(20)28(24(27)31)17-22(29)26-14-6-13-25(15-16-26)18-9-11-19(32-2)12-10-18/h4-5,7-12H,3,6,13-17H2,1-2H3. The lowest BCUT2D eigenvalue weighted by Crippen LogP contribution is -2.44. The molecule has 0 aliphatic carbocycles. The van der Waals surface area contributed by atoms with E-state index in [9.17, 15) is 14.4 Å². The van der Waals surface area contributed by atoms with E-state index < -0.39 is 5.69 Å². The number of para-hydroxylation sites is 1. The van der Waals surface area contributed by atoms with Crippen LogP contribution in [0.3, 0.4) is 0 Å². The number of rotatable bonds is 5. The summed E-state index contributed by atoms with van der Waals surface area (Å²) in [5, 5.41) is 0.447. The van der Waals surface area contributed by atoms with Crippen molar-refractivity contribution in [3.05, 3.63) is 69.4 Å². The number of nitrogens with zero attached hydrogens (tertiary/aromatic N) is 4. The van der Waals surface area contributed by atoms with Gasteiger partial charge in [0.1, 0.15) is 12.3 Å². The molecule has 0 N–H and O–H groups in total. The fourth-order valence-corrected chi connectivity index (χ4v) is 4.26. The SMILES string of the molecule is CCn1c(=O)c2ccccc2n(CC(=O)N2CCCN(c3ccc(OC)cc3)CC2)c1=O. The third kappa shape index (κ3) is 4.12. The van der Waals surface area contributed by atoms with Crippen molar-refractivity contribution in [1.29, 1.82) is 0 Å². The van der Waals surface area contributed by atoms with E-state index >= 15 is 0 Å². The normalized spacial score (nSPS) is 14.4. The van der Waals surface area contributed by atoms with Crippen LogP contribution in [0.4, 0.5) is 5.69 Å². The molecule has 1 aromatic heterocycles. The van der Waals surface area contributed by atoms with E-state index in [0.717, 1.165) is 24.4 Å². The third-order valence-corrected chi connectivity index (χ3v) is 6.03. The molecule has 1 amide bonds. The van der Waals surface area contributed by atoms with Gasteiger partial charge >= 0.3 is 5.69 Å². The van der Waals surface area contributed by atoms with Crippen molar-refractivity contribution >= 4 is 22.5 Å². The minimum absolute atomic E-state index is 0.0812. The average Bonchev–Trinajstić information content (AvgIpc) is 3.08. The molecule has 32 heavy (non-hydrogen) atoms. The van der Waals surface area contributed by atoms with E-state index in [1.165, 1.54) is 9.13 Å². The molecule has 168 valence electrons. The second-order valence-electron chi connectivity index (χ2n) is 7.85. The number of amides is 1. The fraction of sp³-hybridized carbons (Fsp3) is 0.375. The fourth-order valence-electron chi connectivity index (χ4n) is 4.26. The Balaban J connectivity index is 1.54. The van der Waals surface area contributed by atoms with Crippen LogP contribution >= 0.6 is 0 Å². The van der Waals surface area contributed by atoms with Gasteiger partial charge in [-0.3, -0.25) is 18.7 Å². The quantitative estimate of drug-likeness (QED) is 0.611. The van der Waals surface area contributed by atoms with Gasteiger partial charge < -0.3 is 14.5 Å². The summed E-state index contributed by atoms with van der Waals surface area (Å²) in [6.45, 7) is 4.70. The van der Waals surface area contributed by atoms with Gasteiger partial charge in [-0.05, 0) is 49.7 Å². The molecule has 8 heteroatoms. The molecule has 1 saturated heterocycles. The molecule has 2 heterocycles. The second-order valence-corrected chi connectivity index (χ2v) is 7.85. The van der Waals surface area contributed by atoms with E-state index in [2.05, 4.69) is 4.90 Å². The summed E-state index contributed by atoms with van der Waals surface area (Å²) in [5.74, 6) is 0.696. The smallest absolute Gasteiger partial charge is 0.331 e. The molecule has 0 saturated carbocycles. The lowest BCUT2D eigenvalue weighted by molar-refractivity contribution is -0.131. The van der Waals surface area contributed by atoms with Gasteiger partial charge in [0.2, 0.25) is 5.91 Å². The number of fused-ring (bicyclic) bond motifs is 1. The Labute approximate surface area is 186 Å². The molecule has 0 radical (unpaired) electrons. The van der Waals surface area contributed by atoms with Crippen LogP contribution in [0.15, 0.2) is 58.1 Å². The van der Waals surface area contributed by atoms with E-state index in [4.69, 9.17) is 4.74 Å². The minimum atomic E-state index is -0.445. The number of carbonyl (C=O) groups is 1. The number of carbonyl (C=O) groups excluding carboxylic acids is 1. The number of benzene rings is 2. The molecular formula is C24H28N4O4. The van der Waals surface area contributed by atoms with E-state index in [1.54, 1.807) is 38.3 Å². The van der Waals surface area contributed by atoms with Crippen LogP contribution in [0, 0.1) is 0 Å². The van der Waals surface area contributed by atoms with Crippen molar-refractivity contribution < 1.29 is 9.53 Å². The van der Waals surface area contributed by atoms with Crippen LogP contribution in [0.2, 0.25) is 0 Å². The van der Waals surface area contributed by atoms with Crippen molar-refractivity contribution in [2.75, 3.05) is 38.2 Å². The Morgan fingerprint density at radius 1 is 0.938 bits per heavy atom. The first-order chi connectivity index (χ1) is 15.5. The Morgan fingerprint density at radius 3 is 2.41 bits per heavy atom. The predicted molar refractivity (Wildman–Crippen MR) is 125 cm³/mol. The van der Waals surface area contributed by atoms with Crippen molar-refractivity contribution in [3.8, 4) is 5.75 Å². The summed E-state index contributed by atoms with van der Waals surface area (Å²) >= 11 is 0. The van der Waals surface area contributed by atoms with Crippen molar-refractivity contribution in [2.24, 2.45) is 0 Å². The number of hydrogen-bond acceptors (Lipinski definition) is 5. The molecular weight excluding hydrogens is 408 g/mol. The van der Waals surface area contributed by atoms with Crippen LogP contribution in [-0.2, 0) is 17.9 Å². The van der Waals surface area contributed by atoms with Gasteiger partial charge in [-0.2, -0.15) is 0 Å². The first-order valence-electron chi connectivity index (χ1n) is 10.9. The van der Waals surface area contributed by atoms with E-state index in [-0.39, 0.29) is 24.6 Å². The van der Waals surface area contributed by atoms with E-state index in [0.29, 0.717) is 30.5 Å². The molecule has 0 spiro atoms. The Bertz CT molecular complexity index is 1230. The van der Waals surface area contributed by atoms with Gasteiger partial charge in [0.05, 0.1) is 18.0 Å². The van der Waals surface area contributed by atoms with Gasteiger partial charge in [-0.1, -0.05) is 12.1 Å². The summed E-state index contributed by atoms with van der Waals surface area (Å²) < 4.78 is 7.84. The molecule has 2 aromatic carbocycles. The monoisotopic (exact) mass is 436 g/mol. The van der Waals surface area contributed by atoms with Crippen LogP contribution in [0.1, 0.15) is 13.3 Å². The molecule has 1 fully saturated rings. The summed E-state index contributed by atoms with van der Waals surface area (Å²) in [7, 11) is 1.64. The lowest BCUT2D eigenvalue weighted by atomic mass is 10.2. The van der Waals surface area contributed by atoms with Crippen LogP contribution in [-0.4, -0.2) is 53.2 Å². The summed E-state index contributed by atoms with van der Waals surface area (Å²) in [6.07, 6.45) is 0.835. The average molecular weight is 437 g/mol. The van der Waals surface area contributed by atoms with Gasteiger partial charge in [-0.15, -0.1) is 0 Å². The predicted octanol–water partition coefficient (Wildman–Crippen LogP) is 1.93. The molecule has 0 unspecified atom stereocenters. The highest BCUT2D eigenvalue weighted by Crippen LogP contribution is 2.20. The Hall–Kier alpha value is -3.55. The maximum absolute atomic E-state index is 13.2.